The molecule has 62 valence electrons. The minimum atomic E-state index is -2.53. The van der Waals surface area contributed by atoms with E-state index in [-0.39, 0.29) is 19.4 Å². The molecular formula is C7H14F2O. The Kier molecular flexibility index (Phi) is 4.52. The molecular weight excluding hydrogens is 138 g/mol. The van der Waals surface area contributed by atoms with E-state index in [0.717, 1.165) is 0 Å². The molecule has 0 aliphatic carbocycles. The summed E-state index contributed by atoms with van der Waals surface area (Å²) in [6.07, 6.45) is -0.253. The molecule has 0 rings (SSSR count). The van der Waals surface area contributed by atoms with Crippen molar-refractivity contribution in [2.75, 3.05) is 13.2 Å². The summed E-state index contributed by atoms with van der Waals surface area (Å²) in [6.45, 7) is 3.95. The van der Waals surface area contributed by atoms with Crippen molar-refractivity contribution in [2.24, 2.45) is 0 Å². The van der Waals surface area contributed by atoms with Gasteiger partial charge in [0.05, 0.1) is 6.61 Å². The van der Waals surface area contributed by atoms with Crippen molar-refractivity contribution in [1.29, 1.82) is 0 Å². The smallest absolute Gasteiger partial charge is 0.250 e. The number of hydrogen-bond donors (Lipinski definition) is 0. The lowest BCUT2D eigenvalue weighted by Crippen LogP contribution is -2.17. The van der Waals surface area contributed by atoms with Crippen LogP contribution in [0.2, 0.25) is 0 Å². The number of alkyl halides is 2. The molecule has 1 nitrogen and oxygen atoms in total. The van der Waals surface area contributed by atoms with Crippen molar-refractivity contribution >= 4 is 0 Å². The monoisotopic (exact) mass is 152 g/mol. The molecule has 0 spiro atoms. The average molecular weight is 152 g/mol. The highest BCUT2D eigenvalue weighted by molar-refractivity contribution is 4.61. The number of ether oxygens (including phenoxy) is 1. The normalized spacial score (nSPS) is 12.0. The van der Waals surface area contributed by atoms with Crippen molar-refractivity contribution in [1.82, 2.24) is 0 Å². The summed E-state index contributed by atoms with van der Waals surface area (Å²) in [5, 5.41) is 0. The molecule has 0 radical (unpaired) electrons. The van der Waals surface area contributed by atoms with Crippen LogP contribution in [0.1, 0.15) is 26.7 Å². The fraction of sp³-hybridized carbons (Fsp3) is 1.00. The molecule has 10 heavy (non-hydrogen) atoms. The molecule has 0 N–H and O–H groups in total. The minimum absolute atomic E-state index is 0.0971. The highest BCUT2D eigenvalue weighted by Gasteiger charge is 2.24. The molecule has 0 heterocycles. The first-order valence-corrected chi connectivity index (χ1v) is 3.58. The highest BCUT2D eigenvalue weighted by atomic mass is 19.3. The molecule has 0 atom stereocenters. The molecule has 0 unspecified atom stereocenters. The van der Waals surface area contributed by atoms with Gasteiger partial charge in [0.15, 0.2) is 0 Å². The van der Waals surface area contributed by atoms with Crippen molar-refractivity contribution in [2.45, 2.75) is 32.6 Å². The predicted octanol–water partition coefficient (Wildman–Crippen LogP) is 2.46. The maximum atomic E-state index is 12.4. The summed E-state index contributed by atoms with van der Waals surface area (Å²) >= 11 is 0. The summed E-state index contributed by atoms with van der Waals surface area (Å²) in [6, 6.07) is 0. The molecule has 0 saturated heterocycles. The molecule has 0 aromatic rings. The summed E-state index contributed by atoms with van der Waals surface area (Å²) in [4.78, 5) is 0. The highest BCUT2D eigenvalue weighted by Crippen LogP contribution is 2.21. The molecule has 0 fully saturated rings. The van der Waals surface area contributed by atoms with Crippen LogP contribution in [0.3, 0.4) is 0 Å². The molecule has 0 saturated carbocycles. The average Bonchev–Trinajstić information content (AvgIpc) is 1.89. The second kappa shape index (κ2) is 4.61. The SMILES string of the molecule is CCOCCC(F)(F)CC. The van der Waals surface area contributed by atoms with Crippen LogP contribution < -0.4 is 0 Å². The van der Waals surface area contributed by atoms with Gasteiger partial charge in [0.2, 0.25) is 5.92 Å². The zero-order valence-corrected chi connectivity index (χ0v) is 6.49. The first-order valence-electron chi connectivity index (χ1n) is 3.58. The number of halogens is 2. The summed E-state index contributed by atoms with van der Waals surface area (Å²) in [7, 11) is 0. The lowest BCUT2D eigenvalue weighted by Gasteiger charge is -2.12. The lowest BCUT2D eigenvalue weighted by atomic mass is 10.2. The van der Waals surface area contributed by atoms with E-state index >= 15 is 0 Å². The standard InChI is InChI=1S/C7H14F2O/c1-3-7(8,9)5-6-10-4-2/h3-6H2,1-2H3. The quantitative estimate of drug-likeness (QED) is 0.550. The van der Waals surface area contributed by atoms with E-state index in [1.807, 2.05) is 0 Å². The molecule has 0 aromatic carbocycles. The van der Waals surface area contributed by atoms with Crippen molar-refractivity contribution in [3.8, 4) is 0 Å². The van der Waals surface area contributed by atoms with Gasteiger partial charge in [0, 0.05) is 19.4 Å². The maximum absolute atomic E-state index is 12.4. The zero-order chi connectivity index (χ0) is 8.04. The van der Waals surface area contributed by atoms with E-state index in [2.05, 4.69) is 0 Å². The Morgan fingerprint density at radius 1 is 1.30 bits per heavy atom. The van der Waals surface area contributed by atoms with Crippen LogP contribution >= 0.6 is 0 Å². The van der Waals surface area contributed by atoms with Crippen molar-refractivity contribution in [3.05, 3.63) is 0 Å². The second-order valence-corrected chi connectivity index (χ2v) is 2.16. The largest absolute Gasteiger partial charge is 0.382 e. The summed E-state index contributed by atoms with van der Waals surface area (Å²) < 4.78 is 29.6. The Labute approximate surface area is 60.4 Å². The summed E-state index contributed by atoms with van der Waals surface area (Å²) in [5.74, 6) is -2.53. The van der Waals surface area contributed by atoms with E-state index in [9.17, 15) is 8.78 Å². The van der Waals surface area contributed by atoms with Gasteiger partial charge in [-0.05, 0) is 6.92 Å². The Bertz CT molecular complexity index is 83.7. The first kappa shape index (κ1) is 9.82. The molecule has 0 amide bonds. The van der Waals surface area contributed by atoms with Crippen LogP contribution in [0.5, 0.6) is 0 Å². The van der Waals surface area contributed by atoms with Crippen LogP contribution in [0, 0.1) is 0 Å². The van der Waals surface area contributed by atoms with Crippen molar-refractivity contribution in [3.63, 3.8) is 0 Å². The van der Waals surface area contributed by atoms with Gasteiger partial charge >= 0.3 is 0 Å². The third-order valence-corrected chi connectivity index (χ3v) is 1.33. The molecule has 0 aliphatic heterocycles. The third kappa shape index (κ3) is 4.68. The molecule has 3 heteroatoms. The van der Waals surface area contributed by atoms with Gasteiger partial charge in [-0.15, -0.1) is 0 Å². The van der Waals surface area contributed by atoms with Crippen molar-refractivity contribution < 1.29 is 13.5 Å². The van der Waals surface area contributed by atoms with Gasteiger partial charge < -0.3 is 4.74 Å². The Balaban J connectivity index is 3.28. The molecule has 0 aromatic heterocycles. The van der Waals surface area contributed by atoms with E-state index in [4.69, 9.17) is 4.74 Å². The van der Waals surface area contributed by atoms with Gasteiger partial charge in [-0.2, -0.15) is 0 Å². The van der Waals surface area contributed by atoms with E-state index in [1.54, 1.807) is 6.92 Å². The Hall–Kier alpha value is -0.180. The van der Waals surface area contributed by atoms with Crippen LogP contribution in [-0.2, 0) is 4.74 Å². The minimum Gasteiger partial charge on any atom is -0.382 e. The van der Waals surface area contributed by atoms with Crippen LogP contribution in [0.15, 0.2) is 0 Å². The van der Waals surface area contributed by atoms with Gasteiger partial charge in [-0.25, -0.2) is 8.78 Å². The second-order valence-electron chi connectivity index (χ2n) is 2.16. The number of hydrogen-bond acceptors (Lipinski definition) is 1. The lowest BCUT2D eigenvalue weighted by molar-refractivity contribution is -0.0346. The van der Waals surface area contributed by atoms with Gasteiger partial charge in [0.25, 0.3) is 0 Å². The van der Waals surface area contributed by atoms with E-state index in [0.29, 0.717) is 6.61 Å². The molecule has 0 bridgehead atoms. The van der Waals surface area contributed by atoms with Gasteiger partial charge in [-0.3, -0.25) is 0 Å². The van der Waals surface area contributed by atoms with Crippen LogP contribution in [0.25, 0.3) is 0 Å². The van der Waals surface area contributed by atoms with Gasteiger partial charge in [0.1, 0.15) is 0 Å². The maximum Gasteiger partial charge on any atom is 0.250 e. The van der Waals surface area contributed by atoms with Crippen LogP contribution in [-0.4, -0.2) is 19.1 Å². The number of rotatable bonds is 5. The van der Waals surface area contributed by atoms with E-state index < -0.39 is 5.92 Å². The third-order valence-electron chi connectivity index (χ3n) is 1.33. The topological polar surface area (TPSA) is 9.23 Å². The predicted molar refractivity (Wildman–Crippen MR) is 36.3 cm³/mol. The van der Waals surface area contributed by atoms with E-state index in [1.165, 1.54) is 6.92 Å². The zero-order valence-electron chi connectivity index (χ0n) is 6.49. The summed E-state index contributed by atoms with van der Waals surface area (Å²) in [5.41, 5.74) is 0. The fourth-order valence-corrected chi connectivity index (χ4v) is 0.543. The Morgan fingerprint density at radius 2 is 1.90 bits per heavy atom. The fourth-order valence-electron chi connectivity index (χ4n) is 0.543. The van der Waals surface area contributed by atoms with Gasteiger partial charge in [-0.1, -0.05) is 6.92 Å². The first-order chi connectivity index (χ1) is 4.62. The van der Waals surface area contributed by atoms with Crippen LogP contribution in [0.4, 0.5) is 8.78 Å². The Morgan fingerprint density at radius 3 is 2.30 bits per heavy atom. The molecule has 0 aliphatic rings.